The number of nitrogen functional groups attached to an aromatic ring is 1. The van der Waals surface area contributed by atoms with Crippen molar-refractivity contribution in [1.29, 1.82) is 0 Å². The van der Waals surface area contributed by atoms with Crippen molar-refractivity contribution < 1.29 is 13.2 Å². The monoisotopic (exact) mass is 320 g/mol. The maximum atomic E-state index is 12.1. The molecule has 1 aromatic rings. The fourth-order valence-electron chi connectivity index (χ4n) is 2.02. The number of sulfonamides is 1. The molecule has 2 rings (SSSR count). The standard InChI is InChI=1S/C11H17ClN4O3S/c1-7-8(2-3-19-7)5-15-20(17,18)9-4-10(12)11(16-13)14-6-9/h4,6-8,15H,2-3,5,13H2,1H3,(H,14,16). The molecule has 1 saturated heterocycles. The largest absolute Gasteiger partial charge is 0.378 e. The van der Waals surface area contributed by atoms with Crippen LogP contribution in [-0.4, -0.2) is 32.7 Å². The van der Waals surface area contributed by atoms with Crippen LogP contribution in [0.3, 0.4) is 0 Å². The van der Waals surface area contributed by atoms with Gasteiger partial charge in [-0.25, -0.2) is 24.0 Å². The van der Waals surface area contributed by atoms with Crippen LogP contribution in [0.5, 0.6) is 0 Å². The molecular formula is C11H17ClN4O3S. The average Bonchev–Trinajstić information content (AvgIpc) is 2.82. The summed E-state index contributed by atoms with van der Waals surface area (Å²) in [4.78, 5) is 3.85. The molecule has 2 heterocycles. The van der Waals surface area contributed by atoms with Crippen LogP contribution in [0.1, 0.15) is 13.3 Å². The van der Waals surface area contributed by atoms with E-state index in [1.165, 1.54) is 12.3 Å². The molecule has 0 radical (unpaired) electrons. The molecule has 4 N–H and O–H groups in total. The molecule has 7 nitrogen and oxygen atoms in total. The molecule has 1 aliphatic rings. The van der Waals surface area contributed by atoms with Gasteiger partial charge in [0.1, 0.15) is 4.90 Å². The Morgan fingerprint density at radius 3 is 2.90 bits per heavy atom. The van der Waals surface area contributed by atoms with Crippen molar-refractivity contribution in [3.05, 3.63) is 17.3 Å². The smallest absolute Gasteiger partial charge is 0.242 e. The van der Waals surface area contributed by atoms with E-state index in [-0.39, 0.29) is 27.8 Å². The Bertz CT molecular complexity index is 581. The van der Waals surface area contributed by atoms with Gasteiger partial charge in [-0.15, -0.1) is 0 Å². The first kappa shape index (κ1) is 15.5. The zero-order valence-corrected chi connectivity index (χ0v) is 12.5. The van der Waals surface area contributed by atoms with E-state index < -0.39 is 10.0 Å². The number of nitrogens with two attached hydrogens (primary N) is 1. The van der Waals surface area contributed by atoms with Crippen LogP contribution in [0, 0.1) is 5.92 Å². The topological polar surface area (TPSA) is 106 Å². The second-order valence-corrected chi connectivity index (χ2v) is 6.80. The lowest BCUT2D eigenvalue weighted by Crippen LogP contribution is -2.32. The lowest BCUT2D eigenvalue weighted by Gasteiger charge is -2.15. The molecule has 2 unspecified atom stereocenters. The number of halogens is 1. The minimum atomic E-state index is -3.64. The van der Waals surface area contributed by atoms with Gasteiger partial charge >= 0.3 is 0 Å². The molecule has 0 spiro atoms. The minimum Gasteiger partial charge on any atom is -0.378 e. The highest BCUT2D eigenvalue weighted by molar-refractivity contribution is 7.89. The number of nitrogens with one attached hydrogen (secondary N) is 2. The zero-order chi connectivity index (χ0) is 14.8. The average molecular weight is 321 g/mol. The van der Waals surface area contributed by atoms with Crippen molar-refractivity contribution in [2.24, 2.45) is 11.8 Å². The Morgan fingerprint density at radius 2 is 2.35 bits per heavy atom. The number of nitrogens with zero attached hydrogens (tertiary/aromatic N) is 1. The van der Waals surface area contributed by atoms with Crippen LogP contribution in [0.25, 0.3) is 0 Å². The molecule has 112 valence electrons. The fraction of sp³-hybridized carbons (Fsp3) is 0.545. The van der Waals surface area contributed by atoms with Gasteiger partial charge in [0.05, 0.1) is 11.1 Å². The molecule has 20 heavy (non-hydrogen) atoms. The fourth-order valence-corrected chi connectivity index (χ4v) is 3.37. The van der Waals surface area contributed by atoms with Gasteiger partial charge in [-0.05, 0) is 19.4 Å². The second-order valence-electron chi connectivity index (χ2n) is 4.62. The second kappa shape index (κ2) is 6.23. The molecule has 0 bridgehead atoms. The van der Waals surface area contributed by atoms with Gasteiger partial charge in [0.15, 0.2) is 5.82 Å². The first-order valence-corrected chi connectivity index (χ1v) is 8.03. The Kier molecular flexibility index (Phi) is 4.82. The SMILES string of the molecule is CC1OCCC1CNS(=O)(=O)c1cnc(NN)c(Cl)c1. The zero-order valence-electron chi connectivity index (χ0n) is 11.0. The number of ether oxygens (including phenoxy) is 1. The molecule has 1 aromatic heterocycles. The van der Waals surface area contributed by atoms with Gasteiger partial charge in [0.25, 0.3) is 0 Å². The van der Waals surface area contributed by atoms with E-state index in [0.717, 1.165) is 6.42 Å². The van der Waals surface area contributed by atoms with Gasteiger partial charge in [-0.3, -0.25) is 0 Å². The Hall–Kier alpha value is -0.930. The number of hydrazine groups is 1. The Balaban J connectivity index is 2.08. The van der Waals surface area contributed by atoms with E-state index in [2.05, 4.69) is 15.1 Å². The molecular weight excluding hydrogens is 304 g/mol. The summed E-state index contributed by atoms with van der Waals surface area (Å²) in [7, 11) is -3.64. The van der Waals surface area contributed by atoms with Crippen LogP contribution >= 0.6 is 11.6 Å². The molecule has 9 heteroatoms. The maximum Gasteiger partial charge on any atom is 0.242 e. The molecule has 0 aromatic carbocycles. The van der Waals surface area contributed by atoms with E-state index in [9.17, 15) is 8.42 Å². The molecule has 0 aliphatic carbocycles. The third-order valence-corrected chi connectivity index (χ3v) is 5.01. The van der Waals surface area contributed by atoms with Gasteiger partial charge in [-0.2, -0.15) is 0 Å². The molecule has 2 atom stereocenters. The van der Waals surface area contributed by atoms with Crippen LogP contribution in [-0.2, 0) is 14.8 Å². The molecule has 0 amide bonds. The lowest BCUT2D eigenvalue weighted by atomic mass is 10.0. The highest BCUT2D eigenvalue weighted by Crippen LogP contribution is 2.23. The van der Waals surface area contributed by atoms with Crippen molar-refractivity contribution in [3.63, 3.8) is 0 Å². The normalized spacial score (nSPS) is 22.9. The molecule has 1 aliphatic heterocycles. The summed E-state index contributed by atoms with van der Waals surface area (Å²) in [6, 6.07) is 1.31. The number of anilines is 1. The summed E-state index contributed by atoms with van der Waals surface area (Å²) in [5.41, 5.74) is 2.28. The highest BCUT2D eigenvalue weighted by Gasteiger charge is 2.26. The van der Waals surface area contributed by atoms with E-state index >= 15 is 0 Å². The van der Waals surface area contributed by atoms with Crippen molar-refractivity contribution in [3.8, 4) is 0 Å². The predicted molar refractivity (Wildman–Crippen MR) is 75.8 cm³/mol. The summed E-state index contributed by atoms with van der Waals surface area (Å²) in [5, 5.41) is 0.146. The van der Waals surface area contributed by atoms with Gasteiger partial charge in [0.2, 0.25) is 10.0 Å². The van der Waals surface area contributed by atoms with Crippen LogP contribution < -0.4 is 16.0 Å². The molecule has 0 saturated carbocycles. The van der Waals surface area contributed by atoms with Crippen molar-refractivity contribution in [1.82, 2.24) is 9.71 Å². The Labute approximate surface area is 122 Å². The number of hydrogen-bond donors (Lipinski definition) is 3. The van der Waals surface area contributed by atoms with E-state index in [4.69, 9.17) is 22.2 Å². The van der Waals surface area contributed by atoms with E-state index in [0.29, 0.717) is 13.2 Å². The van der Waals surface area contributed by atoms with Crippen LogP contribution in [0.2, 0.25) is 5.02 Å². The number of pyridine rings is 1. The van der Waals surface area contributed by atoms with Crippen LogP contribution in [0.15, 0.2) is 17.2 Å². The number of hydrogen-bond acceptors (Lipinski definition) is 6. The number of rotatable bonds is 5. The maximum absolute atomic E-state index is 12.1. The van der Waals surface area contributed by atoms with Crippen LogP contribution in [0.4, 0.5) is 5.82 Å². The van der Waals surface area contributed by atoms with E-state index in [1.54, 1.807) is 0 Å². The summed E-state index contributed by atoms with van der Waals surface area (Å²) >= 11 is 5.87. The minimum absolute atomic E-state index is 0.00747. The summed E-state index contributed by atoms with van der Waals surface area (Å²) < 4.78 is 32.2. The Morgan fingerprint density at radius 1 is 1.60 bits per heavy atom. The van der Waals surface area contributed by atoms with E-state index in [1.807, 2.05) is 6.92 Å². The highest BCUT2D eigenvalue weighted by atomic mass is 35.5. The third-order valence-electron chi connectivity index (χ3n) is 3.33. The number of aromatic nitrogens is 1. The third kappa shape index (κ3) is 3.39. The van der Waals surface area contributed by atoms with Gasteiger partial charge in [-0.1, -0.05) is 11.6 Å². The van der Waals surface area contributed by atoms with Crippen molar-refractivity contribution in [2.75, 3.05) is 18.6 Å². The van der Waals surface area contributed by atoms with Crippen molar-refractivity contribution >= 4 is 27.4 Å². The summed E-state index contributed by atoms with van der Waals surface area (Å²) in [6.07, 6.45) is 2.11. The quantitative estimate of drug-likeness (QED) is 0.545. The molecule has 1 fully saturated rings. The van der Waals surface area contributed by atoms with Gasteiger partial charge < -0.3 is 10.2 Å². The van der Waals surface area contributed by atoms with Gasteiger partial charge in [0, 0.05) is 25.3 Å². The first-order valence-electron chi connectivity index (χ1n) is 6.17. The van der Waals surface area contributed by atoms with Crippen molar-refractivity contribution in [2.45, 2.75) is 24.3 Å². The first-order chi connectivity index (χ1) is 9.44. The summed E-state index contributed by atoms with van der Waals surface area (Å²) in [6.45, 7) is 2.93. The summed E-state index contributed by atoms with van der Waals surface area (Å²) in [5.74, 6) is 5.59. The predicted octanol–water partition coefficient (Wildman–Crippen LogP) is 0.724. The lowest BCUT2D eigenvalue weighted by molar-refractivity contribution is 0.107.